The number of hydrogen-bond acceptors (Lipinski definition) is 1. The fourth-order valence-electron chi connectivity index (χ4n) is 2.18. The molecule has 1 N–H and O–H groups in total. The van der Waals surface area contributed by atoms with Crippen LogP contribution < -0.4 is 0 Å². The first-order chi connectivity index (χ1) is 7.13. The Morgan fingerprint density at radius 2 is 1.80 bits per heavy atom. The minimum Gasteiger partial charge on any atom is -0.481 e. The van der Waals surface area contributed by atoms with E-state index in [1.807, 2.05) is 13.8 Å². The van der Waals surface area contributed by atoms with Crippen molar-refractivity contribution in [2.24, 2.45) is 5.41 Å². The molecule has 0 radical (unpaired) electrons. The van der Waals surface area contributed by atoms with Gasteiger partial charge in [0.1, 0.15) is 0 Å². The molecule has 2 nitrogen and oxygen atoms in total. The van der Waals surface area contributed by atoms with E-state index in [1.54, 1.807) is 0 Å². The highest BCUT2D eigenvalue weighted by Gasteiger charge is 2.35. The molecule has 0 rings (SSSR count). The van der Waals surface area contributed by atoms with Gasteiger partial charge in [0.15, 0.2) is 0 Å². The second kappa shape index (κ2) is 7.34. The molecule has 15 heavy (non-hydrogen) atoms. The molecule has 0 aliphatic heterocycles. The van der Waals surface area contributed by atoms with E-state index < -0.39 is 11.4 Å². The highest BCUT2D eigenvalue weighted by molar-refractivity contribution is 5.74. The normalized spacial score (nSPS) is 11.0. The van der Waals surface area contributed by atoms with Gasteiger partial charge in [0.05, 0.1) is 5.41 Å². The van der Waals surface area contributed by atoms with Crippen LogP contribution in [0.25, 0.3) is 0 Å². The maximum atomic E-state index is 11.3. The van der Waals surface area contributed by atoms with Gasteiger partial charge in [-0.2, -0.15) is 0 Å². The second-order valence-corrected chi connectivity index (χ2v) is 4.14. The van der Waals surface area contributed by atoms with Crippen LogP contribution in [0, 0.1) is 17.8 Å². The molecule has 0 amide bonds. The van der Waals surface area contributed by atoms with Gasteiger partial charge >= 0.3 is 5.97 Å². The van der Waals surface area contributed by atoms with Crippen LogP contribution in [0.1, 0.15) is 58.8 Å². The topological polar surface area (TPSA) is 37.3 Å². The molecule has 86 valence electrons. The van der Waals surface area contributed by atoms with E-state index in [4.69, 9.17) is 6.42 Å². The minimum atomic E-state index is -0.650. The van der Waals surface area contributed by atoms with Gasteiger partial charge in [-0.05, 0) is 25.7 Å². The number of carbonyl (C=O) groups is 1. The Balaban J connectivity index is 4.48. The van der Waals surface area contributed by atoms with Gasteiger partial charge in [0.25, 0.3) is 0 Å². The summed E-state index contributed by atoms with van der Waals surface area (Å²) in [4.78, 5) is 11.3. The first kappa shape index (κ1) is 14.0. The molecule has 0 aliphatic carbocycles. The highest BCUT2D eigenvalue weighted by atomic mass is 16.4. The standard InChI is InChI=1S/C13H22O2/c1-4-7-8-11-13(9-5-2,10-6-3)12(14)15/h1H,5-11H2,2-3H3,(H,14,15). The number of terminal acetylenes is 1. The third-order valence-electron chi connectivity index (χ3n) is 2.89. The molecule has 0 unspecified atom stereocenters. The van der Waals surface area contributed by atoms with E-state index >= 15 is 0 Å². The first-order valence-electron chi connectivity index (χ1n) is 5.79. The summed E-state index contributed by atoms with van der Waals surface area (Å²) in [7, 11) is 0. The van der Waals surface area contributed by atoms with Crippen molar-refractivity contribution >= 4 is 5.97 Å². The fraction of sp³-hybridized carbons (Fsp3) is 0.769. The summed E-state index contributed by atoms with van der Waals surface area (Å²) < 4.78 is 0. The molecule has 2 heteroatoms. The van der Waals surface area contributed by atoms with Crippen LogP contribution in [0.4, 0.5) is 0 Å². The predicted molar refractivity (Wildman–Crippen MR) is 62.6 cm³/mol. The number of rotatable bonds is 8. The molecule has 0 saturated carbocycles. The van der Waals surface area contributed by atoms with Gasteiger partial charge in [-0.15, -0.1) is 12.3 Å². The van der Waals surface area contributed by atoms with Gasteiger partial charge < -0.3 is 5.11 Å². The van der Waals surface area contributed by atoms with Crippen molar-refractivity contribution in [1.82, 2.24) is 0 Å². The average Bonchev–Trinajstić information content (AvgIpc) is 2.18. The Morgan fingerprint density at radius 1 is 1.27 bits per heavy atom. The van der Waals surface area contributed by atoms with Crippen LogP contribution in [0.3, 0.4) is 0 Å². The fourth-order valence-corrected chi connectivity index (χ4v) is 2.18. The molecule has 0 aliphatic rings. The molecule has 0 fully saturated rings. The smallest absolute Gasteiger partial charge is 0.309 e. The van der Waals surface area contributed by atoms with E-state index in [2.05, 4.69) is 5.92 Å². The molecule has 0 saturated heterocycles. The van der Waals surface area contributed by atoms with Crippen LogP contribution in [-0.2, 0) is 4.79 Å². The number of carboxylic acids is 1. The summed E-state index contributed by atoms with van der Waals surface area (Å²) in [6, 6.07) is 0. The van der Waals surface area contributed by atoms with Crippen molar-refractivity contribution < 1.29 is 9.90 Å². The van der Waals surface area contributed by atoms with E-state index in [9.17, 15) is 9.90 Å². The molecule has 0 spiro atoms. The number of hydrogen-bond donors (Lipinski definition) is 1. The summed E-state index contributed by atoms with van der Waals surface area (Å²) in [5.41, 5.74) is -0.527. The Bertz CT molecular complexity index is 219. The van der Waals surface area contributed by atoms with Crippen molar-refractivity contribution in [3.05, 3.63) is 0 Å². The molecular weight excluding hydrogens is 188 g/mol. The summed E-state index contributed by atoms with van der Waals surface area (Å²) in [5, 5.41) is 9.33. The first-order valence-corrected chi connectivity index (χ1v) is 5.79. The summed E-state index contributed by atoms with van der Waals surface area (Å²) in [6.45, 7) is 4.07. The van der Waals surface area contributed by atoms with Crippen molar-refractivity contribution in [1.29, 1.82) is 0 Å². The van der Waals surface area contributed by atoms with Crippen LogP contribution in [-0.4, -0.2) is 11.1 Å². The Morgan fingerprint density at radius 3 is 2.13 bits per heavy atom. The second-order valence-electron chi connectivity index (χ2n) is 4.14. The van der Waals surface area contributed by atoms with Crippen molar-refractivity contribution in [2.45, 2.75) is 58.8 Å². The molecule has 0 heterocycles. The van der Waals surface area contributed by atoms with Gasteiger partial charge in [0, 0.05) is 6.42 Å². The minimum absolute atomic E-state index is 0.527. The lowest BCUT2D eigenvalue weighted by Crippen LogP contribution is -2.30. The predicted octanol–water partition coefficient (Wildman–Crippen LogP) is 3.46. The maximum Gasteiger partial charge on any atom is 0.309 e. The SMILES string of the molecule is C#CCCCC(CCC)(CCC)C(=O)O. The summed E-state index contributed by atoms with van der Waals surface area (Å²) in [6.07, 6.45) is 10.8. The van der Waals surface area contributed by atoms with E-state index in [0.29, 0.717) is 12.8 Å². The van der Waals surface area contributed by atoms with Crippen molar-refractivity contribution in [3.63, 3.8) is 0 Å². The van der Waals surface area contributed by atoms with Crippen LogP contribution in [0.15, 0.2) is 0 Å². The van der Waals surface area contributed by atoms with Gasteiger partial charge in [-0.3, -0.25) is 4.79 Å². The van der Waals surface area contributed by atoms with Gasteiger partial charge in [0.2, 0.25) is 0 Å². The molecule has 0 aromatic carbocycles. The molecule has 0 atom stereocenters. The number of unbranched alkanes of at least 4 members (excludes halogenated alkanes) is 1. The third-order valence-corrected chi connectivity index (χ3v) is 2.89. The van der Waals surface area contributed by atoms with Gasteiger partial charge in [-0.1, -0.05) is 26.7 Å². The lowest BCUT2D eigenvalue weighted by atomic mass is 9.75. The Labute approximate surface area is 93.1 Å². The highest BCUT2D eigenvalue weighted by Crippen LogP contribution is 2.35. The van der Waals surface area contributed by atoms with E-state index in [0.717, 1.165) is 32.1 Å². The van der Waals surface area contributed by atoms with E-state index in [1.165, 1.54) is 0 Å². The lowest BCUT2D eigenvalue weighted by Gasteiger charge is -2.28. The quantitative estimate of drug-likeness (QED) is 0.492. The van der Waals surface area contributed by atoms with Crippen molar-refractivity contribution in [3.8, 4) is 12.3 Å². The summed E-state index contributed by atoms with van der Waals surface area (Å²) in [5.74, 6) is 1.92. The summed E-state index contributed by atoms with van der Waals surface area (Å²) >= 11 is 0. The maximum absolute atomic E-state index is 11.3. The molecule has 0 bridgehead atoms. The Kier molecular flexibility index (Phi) is 6.86. The number of carboxylic acid groups (broad SMARTS) is 1. The van der Waals surface area contributed by atoms with Crippen LogP contribution >= 0.6 is 0 Å². The molecular formula is C13H22O2. The lowest BCUT2D eigenvalue weighted by molar-refractivity contribution is -0.150. The Hall–Kier alpha value is -0.970. The number of aliphatic carboxylic acids is 1. The monoisotopic (exact) mass is 210 g/mol. The van der Waals surface area contributed by atoms with Gasteiger partial charge in [-0.25, -0.2) is 0 Å². The van der Waals surface area contributed by atoms with Crippen LogP contribution in [0.5, 0.6) is 0 Å². The largest absolute Gasteiger partial charge is 0.481 e. The molecule has 0 aromatic heterocycles. The zero-order chi connectivity index (χ0) is 11.7. The zero-order valence-corrected chi connectivity index (χ0v) is 9.88. The molecule has 0 aromatic rings. The van der Waals surface area contributed by atoms with Crippen LogP contribution in [0.2, 0.25) is 0 Å². The van der Waals surface area contributed by atoms with Crippen molar-refractivity contribution in [2.75, 3.05) is 0 Å². The average molecular weight is 210 g/mol. The third kappa shape index (κ3) is 4.38. The van der Waals surface area contributed by atoms with E-state index in [-0.39, 0.29) is 0 Å². The zero-order valence-electron chi connectivity index (χ0n) is 9.88.